The van der Waals surface area contributed by atoms with E-state index < -0.39 is 11.0 Å². The van der Waals surface area contributed by atoms with Crippen molar-refractivity contribution in [2.24, 2.45) is 16.5 Å². The highest BCUT2D eigenvalue weighted by Crippen LogP contribution is 2.17. The number of nitrogens with zero attached hydrogens (tertiary/aromatic N) is 2. The molecule has 0 aliphatic rings. The van der Waals surface area contributed by atoms with Crippen molar-refractivity contribution in [3.8, 4) is 0 Å². The molecule has 16 heavy (non-hydrogen) atoms. The molecule has 0 aromatic heterocycles. The minimum absolute atomic E-state index is 0.0552. The Labute approximate surface area is 90.1 Å². The van der Waals surface area contributed by atoms with E-state index in [1.807, 2.05) is 0 Å². The van der Waals surface area contributed by atoms with E-state index in [-0.39, 0.29) is 11.6 Å². The van der Waals surface area contributed by atoms with Gasteiger partial charge in [0.2, 0.25) is 5.96 Å². The molecular weight excluding hydrogens is 214 g/mol. The lowest BCUT2D eigenvalue weighted by molar-refractivity contribution is -0.384. The van der Waals surface area contributed by atoms with Gasteiger partial charge in [-0.25, -0.2) is 9.79 Å². The fourth-order valence-corrected chi connectivity index (χ4v) is 0.942. The SMILES string of the molecule is NC(=O)NC(N)=Nc1ccc([N+](=O)[O-])cc1. The predicted molar refractivity (Wildman–Crippen MR) is 57.1 cm³/mol. The van der Waals surface area contributed by atoms with E-state index in [4.69, 9.17) is 11.5 Å². The summed E-state index contributed by atoms with van der Waals surface area (Å²) < 4.78 is 0. The van der Waals surface area contributed by atoms with E-state index in [0.717, 1.165) is 0 Å². The first-order valence-corrected chi connectivity index (χ1v) is 4.14. The van der Waals surface area contributed by atoms with Gasteiger partial charge in [0.1, 0.15) is 0 Å². The van der Waals surface area contributed by atoms with Gasteiger partial charge in [-0.15, -0.1) is 0 Å². The lowest BCUT2D eigenvalue weighted by atomic mass is 10.3. The van der Waals surface area contributed by atoms with Crippen LogP contribution in [0.5, 0.6) is 0 Å². The summed E-state index contributed by atoms with van der Waals surface area (Å²) in [6.07, 6.45) is 0. The maximum absolute atomic E-state index is 10.4. The van der Waals surface area contributed by atoms with Crippen LogP contribution in [0.1, 0.15) is 0 Å². The zero-order valence-electron chi connectivity index (χ0n) is 8.08. The number of nitrogens with one attached hydrogen (secondary N) is 1. The maximum atomic E-state index is 10.4. The summed E-state index contributed by atoms with van der Waals surface area (Å²) in [5, 5.41) is 12.4. The second-order valence-electron chi connectivity index (χ2n) is 2.76. The van der Waals surface area contributed by atoms with E-state index in [9.17, 15) is 14.9 Å². The molecule has 0 aliphatic heterocycles. The van der Waals surface area contributed by atoms with E-state index in [0.29, 0.717) is 5.69 Å². The molecule has 1 aromatic rings. The van der Waals surface area contributed by atoms with E-state index in [1.54, 1.807) is 0 Å². The highest BCUT2D eigenvalue weighted by Gasteiger charge is 2.03. The summed E-state index contributed by atoms with van der Waals surface area (Å²) in [7, 11) is 0. The Balaban J connectivity index is 2.82. The lowest BCUT2D eigenvalue weighted by Crippen LogP contribution is -2.39. The monoisotopic (exact) mass is 223 g/mol. The van der Waals surface area contributed by atoms with Crippen molar-refractivity contribution in [3.05, 3.63) is 34.4 Å². The number of nitro groups is 1. The Bertz CT molecular complexity index is 439. The van der Waals surface area contributed by atoms with Crippen LogP contribution in [0.25, 0.3) is 0 Å². The second kappa shape index (κ2) is 4.73. The number of nitro benzene ring substituents is 1. The number of hydrogen-bond donors (Lipinski definition) is 3. The highest BCUT2D eigenvalue weighted by molar-refractivity contribution is 5.95. The molecule has 84 valence electrons. The van der Waals surface area contributed by atoms with Crippen LogP contribution < -0.4 is 16.8 Å². The molecule has 0 radical (unpaired) electrons. The van der Waals surface area contributed by atoms with Crippen molar-refractivity contribution < 1.29 is 9.72 Å². The van der Waals surface area contributed by atoms with Crippen molar-refractivity contribution in [3.63, 3.8) is 0 Å². The van der Waals surface area contributed by atoms with Gasteiger partial charge in [0.15, 0.2) is 0 Å². The molecule has 0 bridgehead atoms. The molecule has 1 rings (SSSR count). The van der Waals surface area contributed by atoms with Crippen LogP contribution in [0.4, 0.5) is 16.2 Å². The summed E-state index contributed by atoms with van der Waals surface area (Å²) in [5.41, 5.74) is 10.4. The molecule has 8 heteroatoms. The standard InChI is InChI=1S/C8H9N5O3/c9-7(12-8(10)14)11-5-1-3-6(4-2-5)13(15)16/h1-4H,(H5,9,10,11,12,14). The summed E-state index contributed by atoms with van der Waals surface area (Å²) in [4.78, 5) is 24.0. The van der Waals surface area contributed by atoms with Gasteiger partial charge in [0.25, 0.3) is 5.69 Å². The summed E-state index contributed by atoms with van der Waals surface area (Å²) in [6.45, 7) is 0. The highest BCUT2D eigenvalue weighted by atomic mass is 16.6. The largest absolute Gasteiger partial charge is 0.369 e. The zero-order valence-corrected chi connectivity index (χ0v) is 8.08. The fraction of sp³-hybridized carbons (Fsp3) is 0. The van der Waals surface area contributed by atoms with Gasteiger partial charge >= 0.3 is 6.03 Å². The molecule has 0 spiro atoms. The van der Waals surface area contributed by atoms with Crippen molar-refractivity contribution in [1.82, 2.24) is 5.32 Å². The quantitative estimate of drug-likeness (QED) is 0.285. The lowest BCUT2D eigenvalue weighted by Gasteiger charge is -1.99. The summed E-state index contributed by atoms with van der Waals surface area (Å²) >= 11 is 0. The predicted octanol–water partition coefficient (Wildman–Crippen LogP) is 0.209. The van der Waals surface area contributed by atoms with E-state index in [2.05, 4.69) is 10.3 Å². The summed E-state index contributed by atoms with van der Waals surface area (Å²) in [5.74, 6) is -0.179. The Hall–Kier alpha value is -2.64. The van der Waals surface area contributed by atoms with Crippen molar-refractivity contribution in [2.45, 2.75) is 0 Å². The minimum atomic E-state index is -0.830. The van der Waals surface area contributed by atoms with Gasteiger partial charge in [0.05, 0.1) is 10.6 Å². The van der Waals surface area contributed by atoms with Crippen molar-refractivity contribution >= 4 is 23.4 Å². The molecule has 0 aliphatic carbocycles. The number of carbonyl (C=O) groups excluding carboxylic acids is 1. The summed E-state index contributed by atoms with van der Waals surface area (Å²) in [6, 6.07) is 4.51. The van der Waals surface area contributed by atoms with Crippen LogP contribution in [0.3, 0.4) is 0 Å². The first-order chi connectivity index (χ1) is 7.49. The molecule has 0 saturated carbocycles. The molecule has 0 heterocycles. The first-order valence-electron chi connectivity index (χ1n) is 4.14. The van der Waals surface area contributed by atoms with Crippen LogP contribution in [0, 0.1) is 10.1 Å². The number of benzene rings is 1. The third-order valence-electron chi connectivity index (χ3n) is 1.56. The molecule has 0 saturated heterocycles. The number of amides is 2. The van der Waals surface area contributed by atoms with Crippen LogP contribution >= 0.6 is 0 Å². The zero-order chi connectivity index (χ0) is 12.1. The second-order valence-corrected chi connectivity index (χ2v) is 2.76. The van der Waals surface area contributed by atoms with Gasteiger partial charge in [-0.05, 0) is 12.1 Å². The average molecular weight is 223 g/mol. The molecule has 1 aromatic carbocycles. The van der Waals surface area contributed by atoms with E-state index >= 15 is 0 Å². The number of guanidine groups is 1. The van der Waals surface area contributed by atoms with Crippen molar-refractivity contribution in [1.29, 1.82) is 0 Å². The third-order valence-corrected chi connectivity index (χ3v) is 1.56. The first kappa shape index (κ1) is 11.4. The number of primary amides is 1. The Morgan fingerprint density at radius 2 is 1.88 bits per heavy atom. The third kappa shape index (κ3) is 3.25. The molecule has 8 nitrogen and oxygen atoms in total. The average Bonchev–Trinajstić information content (AvgIpc) is 2.16. The fourth-order valence-electron chi connectivity index (χ4n) is 0.942. The number of hydrogen-bond acceptors (Lipinski definition) is 4. The van der Waals surface area contributed by atoms with Crippen LogP contribution in [-0.4, -0.2) is 16.9 Å². The maximum Gasteiger partial charge on any atom is 0.318 e. The minimum Gasteiger partial charge on any atom is -0.369 e. The van der Waals surface area contributed by atoms with Crippen LogP contribution in [0.15, 0.2) is 29.3 Å². The van der Waals surface area contributed by atoms with Gasteiger partial charge in [-0.1, -0.05) is 0 Å². The van der Waals surface area contributed by atoms with Gasteiger partial charge in [-0.2, -0.15) is 0 Å². The number of urea groups is 1. The Kier molecular flexibility index (Phi) is 3.38. The number of non-ortho nitro benzene ring substituents is 1. The molecule has 0 unspecified atom stereocenters. The number of carbonyl (C=O) groups is 1. The number of rotatable bonds is 2. The molecule has 5 N–H and O–H groups in total. The normalized spacial score (nSPS) is 10.9. The molecule has 0 fully saturated rings. The van der Waals surface area contributed by atoms with Crippen LogP contribution in [-0.2, 0) is 0 Å². The van der Waals surface area contributed by atoms with Gasteiger partial charge < -0.3 is 11.5 Å². The van der Waals surface area contributed by atoms with Crippen LogP contribution in [0.2, 0.25) is 0 Å². The van der Waals surface area contributed by atoms with E-state index in [1.165, 1.54) is 24.3 Å². The molecular formula is C8H9N5O3. The van der Waals surface area contributed by atoms with Gasteiger partial charge in [0, 0.05) is 12.1 Å². The van der Waals surface area contributed by atoms with Crippen molar-refractivity contribution in [2.75, 3.05) is 0 Å². The molecule has 2 amide bonds. The Morgan fingerprint density at radius 3 is 2.31 bits per heavy atom. The Morgan fingerprint density at radius 1 is 1.31 bits per heavy atom. The topological polar surface area (TPSA) is 137 Å². The smallest absolute Gasteiger partial charge is 0.318 e. The number of aliphatic imine (C=N–C) groups is 1. The number of nitrogens with two attached hydrogens (primary N) is 2. The van der Waals surface area contributed by atoms with Gasteiger partial charge in [-0.3, -0.25) is 15.4 Å². The molecule has 0 atom stereocenters.